The Morgan fingerprint density at radius 2 is 2.00 bits per heavy atom. The Morgan fingerprint density at radius 3 is 2.48 bits per heavy atom. The zero-order valence-corrected chi connectivity index (χ0v) is 12.5. The largest absolute Gasteiger partial charge is 0.399 e. The lowest BCUT2D eigenvalue weighted by molar-refractivity contribution is 0.180. The van der Waals surface area contributed by atoms with E-state index in [1.807, 2.05) is 0 Å². The van der Waals surface area contributed by atoms with Crippen molar-refractivity contribution in [2.75, 3.05) is 32.0 Å². The molecule has 0 amide bonds. The van der Waals surface area contributed by atoms with Crippen LogP contribution in [0.1, 0.15) is 13.3 Å². The number of nitrogens with zero attached hydrogens (tertiary/aromatic N) is 1. The molecule has 2 N–H and O–H groups in total. The summed E-state index contributed by atoms with van der Waals surface area (Å²) in [6.45, 7) is 2.97. The first-order valence-electron chi connectivity index (χ1n) is 6.68. The molecule has 2 rings (SSSR count). The molecule has 0 aliphatic carbocycles. The summed E-state index contributed by atoms with van der Waals surface area (Å²) in [5, 5.41) is 0. The summed E-state index contributed by atoms with van der Waals surface area (Å²) in [6.07, 6.45) is 0.735. The monoisotopic (exact) mass is 320 g/mol. The maximum absolute atomic E-state index is 13.9. The zero-order chi connectivity index (χ0) is 15.6. The number of halogens is 2. The molecule has 118 valence electrons. The SMILES string of the molecule is CCN(CC1CCOC1)S(=O)(=O)c1c(F)cc(N)cc1F. The second-order valence-corrected chi connectivity index (χ2v) is 6.87. The van der Waals surface area contributed by atoms with Crippen molar-refractivity contribution >= 4 is 15.7 Å². The van der Waals surface area contributed by atoms with Crippen molar-refractivity contribution in [1.29, 1.82) is 0 Å². The maximum atomic E-state index is 13.9. The number of nitrogen functional groups attached to an aromatic ring is 1. The minimum Gasteiger partial charge on any atom is -0.399 e. The van der Waals surface area contributed by atoms with Crippen LogP contribution in [0.5, 0.6) is 0 Å². The van der Waals surface area contributed by atoms with Crippen molar-refractivity contribution in [2.24, 2.45) is 5.92 Å². The van der Waals surface area contributed by atoms with Gasteiger partial charge in [-0.3, -0.25) is 0 Å². The predicted molar refractivity (Wildman–Crippen MR) is 74.1 cm³/mol. The lowest BCUT2D eigenvalue weighted by Crippen LogP contribution is -2.36. The molecule has 1 atom stereocenters. The smallest absolute Gasteiger partial charge is 0.248 e. The van der Waals surface area contributed by atoms with E-state index < -0.39 is 26.6 Å². The second kappa shape index (κ2) is 6.25. The zero-order valence-electron chi connectivity index (χ0n) is 11.7. The summed E-state index contributed by atoms with van der Waals surface area (Å²) in [5.41, 5.74) is 5.15. The first-order chi connectivity index (χ1) is 9.86. The van der Waals surface area contributed by atoms with Crippen LogP contribution in [0.4, 0.5) is 14.5 Å². The van der Waals surface area contributed by atoms with Gasteiger partial charge in [0.2, 0.25) is 10.0 Å². The van der Waals surface area contributed by atoms with Gasteiger partial charge in [-0.2, -0.15) is 4.31 Å². The minimum atomic E-state index is -4.24. The Kier molecular flexibility index (Phi) is 4.80. The first-order valence-corrected chi connectivity index (χ1v) is 8.12. The van der Waals surface area contributed by atoms with Crippen molar-refractivity contribution in [1.82, 2.24) is 4.31 Å². The van der Waals surface area contributed by atoms with Gasteiger partial charge in [-0.25, -0.2) is 17.2 Å². The van der Waals surface area contributed by atoms with E-state index in [0.29, 0.717) is 13.2 Å². The van der Waals surface area contributed by atoms with Gasteiger partial charge in [0.15, 0.2) is 4.90 Å². The number of nitrogens with two attached hydrogens (primary N) is 1. The van der Waals surface area contributed by atoms with Gasteiger partial charge in [-0.15, -0.1) is 0 Å². The Labute approximate surface area is 122 Å². The van der Waals surface area contributed by atoms with Crippen LogP contribution in [0.15, 0.2) is 17.0 Å². The molecule has 1 heterocycles. The van der Waals surface area contributed by atoms with Gasteiger partial charge in [0.25, 0.3) is 0 Å². The third-order valence-electron chi connectivity index (χ3n) is 3.46. The number of anilines is 1. The normalized spacial score (nSPS) is 19.3. The van der Waals surface area contributed by atoms with Crippen molar-refractivity contribution in [3.05, 3.63) is 23.8 Å². The van der Waals surface area contributed by atoms with Crippen LogP contribution in [0.2, 0.25) is 0 Å². The highest BCUT2D eigenvalue weighted by Gasteiger charge is 2.32. The Morgan fingerprint density at radius 1 is 1.38 bits per heavy atom. The van der Waals surface area contributed by atoms with Gasteiger partial charge in [-0.1, -0.05) is 6.92 Å². The molecule has 0 spiro atoms. The molecule has 1 saturated heterocycles. The highest BCUT2D eigenvalue weighted by atomic mass is 32.2. The maximum Gasteiger partial charge on any atom is 0.248 e. The van der Waals surface area contributed by atoms with Gasteiger partial charge in [0.1, 0.15) is 11.6 Å². The third kappa shape index (κ3) is 3.33. The summed E-state index contributed by atoms with van der Waals surface area (Å²) < 4.78 is 58.9. The van der Waals surface area contributed by atoms with Gasteiger partial charge in [0.05, 0.1) is 6.61 Å². The van der Waals surface area contributed by atoms with E-state index in [-0.39, 0.29) is 24.7 Å². The van der Waals surface area contributed by atoms with E-state index in [1.54, 1.807) is 6.92 Å². The minimum absolute atomic E-state index is 0.0413. The molecular formula is C13H18F2N2O3S. The van der Waals surface area contributed by atoms with Crippen LogP contribution in [0.3, 0.4) is 0 Å². The summed E-state index contributed by atoms with van der Waals surface area (Å²) in [7, 11) is -4.24. The number of benzene rings is 1. The van der Waals surface area contributed by atoms with Crippen molar-refractivity contribution in [3.63, 3.8) is 0 Å². The molecule has 1 fully saturated rings. The van der Waals surface area contributed by atoms with E-state index in [2.05, 4.69) is 0 Å². The van der Waals surface area contributed by atoms with Crippen molar-refractivity contribution in [3.8, 4) is 0 Å². The Balaban J connectivity index is 2.35. The molecule has 0 saturated carbocycles. The number of rotatable bonds is 5. The summed E-state index contributed by atoms with van der Waals surface area (Å²) >= 11 is 0. The average molecular weight is 320 g/mol. The first kappa shape index (κ1) is 16.1. The summed E-state index contributed by atoms with van der Waals surface area (Å²) in [4.78, 5) is -0.947. The van der Waals surface area contributed by atoms with Crippen molar-refractivity contribution in [2.45, 2.75) is 18.2 Å². The molecular weight excluding hydrogens is 302 g/mol. The van der Waals surface area contributed by atoms with Gasteiger partial charge >= 0.3 is 0 Å². The van der Waals surface area contributed by atoms with Crippen molar-refractivity contribution < 1.29 is 21.9 Å². The van der Waals surface area contributed by atoms with Crippen LogP contribution in [-0.4, -0.2) is 39.0 Å². The molecule has 8 heteroatoms. The summed E-state index contributed by atoms with van der Waals surface area (Å²) in [5.74, 6) is -2.30. The quantitative estimate of drug-likeness (QED) is 0.836. The van der Waals surface area contributed by atoms with Crippen LogP contribution in [0.25, 0.3) is 0 Å². The van der Waals surface area contributed by atoms with Crippen LogP contribution >= 0.6 is 0 Å². The molecule has 1 aromatic rings. The lowest BCUT2D eigenvalue weighted by Gasteiger charge is -2.23. The van der Waals surface area contributed by atoms with Gasteiger partial charge in [0, 0.05) is 25.4 Å². The molecule has 1 aliphatic heterocycles. The van der Waals surface area contributed by atoms with Gasteiger partial charge < -0.3 is 10.5 Å². The van der Waals surface area contributed by atoms with Gasteiger partial charge in [-0.05, 0) is 24.5 Å². The Hall–Kier alpha value is -1.25. The highest BCUT2D eigenvalue weighted by molar-refractivity contribution is 7.89. The average Bonchev–Trinajstić information content (AvgIpc) is 2.86. The molecule has 0 bridgehead atoms. The number of sulfonamides is 1. The van der Waals surface area contributed by atoms with Crippen LogP contribution < -0.4 is 5.73 Å². The number of hydrogen-bond donors (Lipinski definition) is 1. The lowest BCUT2D eigenvalue weighted by atomic mass is 10.1. The molecule has 1 unspecified atom stereocenters. The van der Waals surface area contributed by atoms with E-state index in [9.17, 15) is 17.2 Å². The predicted octanol–water partition coefficient (Wildman–Crippen LogP) is 1.59. The highest BCUT2D eigenvalue weighted by Crippen LogP contribution is 2.26. The molecule has 1 aliphatic rings. The third-order valence-corrected chi connectivity index (χ3v) is 5.45. The topological polar surface area (TPSA) is 72.6 Å². The fourth-order valence-electron chi connectivity index (χ4n) is 2.37. The molecule has 0 aromatic heterocycles. The van der Waals surface area contributed by atoms with E-state index in [1.165, 1.54) is 0 Å². The van der Waals surface area contributed by atoms with E-state index in [4.69, 9.17) is 10.5 Å². The second-order valence-electron chi connectivity index (χ2n) is 5.00. The fraction of sp³-hybridized carbons (Fsp3) is 0.538. The Bertz CT molecular complexity index is 593. The van der Waals surface area contributed by atoms with E-state index >= 15 is 0 Å². The number of hydrogen-bond acceptors (Lipinski definition) is 4. The molecule has 1 aromatic carbocycles. The molecule has 0 radical (unpaired) electrons. The van der Waals surface area contributed by atoms with Crippen LogP contribution in [0, 0.1) is 17.6 Å². The molecule has 5 nitrogen and oxygen atoms in total. The van der Waals surface area contributed by atoms with E-state index in [0.717, 1.165) is 22.9 Å². The standard InChI is InChI=1S/C13H18F2N2O3S/c1-2-17(7-9-3-4-20-8-9)21(18,19)13-11(14)5-10(16)6-12(13)15/h5-6,9H,2-4,7-8,16H2,1H3. The fourth-order valence-corrected chi connectivity index (χ4v) is 3.98. The van der Waals surface area contributed by atoms with Crippen LogP contribution in [-0.2, 0) is 14.8 Å². The summed E-state index contributed by atoms with van der Waals surface area (Å²) in [6, 6.07) is 1.62. The number of ether oxygens (including phenoxy) is 1. The molecule has 21 heavy (non-hydrogen) atoms.